The number of aromatic nitrogens is 5. The van der Waals surface area contributed by atoms with E-state index < -0.39 is 0 Å². The molecular formula is C23H26N8O. The van der Waals surface area contributed by atoms with E-state index in [2.05, 4.69) is 25.7 Å². The maximum Gasteiger partial charge on any atom is 0.272 e. The Balaban J connectivity index is 1.30. The number of nitrogens with one attached hydrogen (secondary N) is 2. The molecule has 2 aliphatic rings. The zero-order valence-electron chi connectivity index (χ0n) is 18.0. The van der Waals surface area contributed by atoms with Gasteiger partial charge in [0.15, 0.2) is 0 Å². The normalized spacial score (nSPS) is 20.7. The van der Waals surface area contributed by atoms with Crippen LogP contribution in [-0.2, 0) is 0 Å². The van der Waals surface area contributed by atoms with Crippen LogP contribution in [0.25, 0.3) is 22.3 Å². The summed E-state index contributed by atoms with van der Waals surface area (Å²) >= 11 is 0. The van der Waals surface area contributed by atoms with Gasteiger partial charge in [-0.3, -0.25) is 9.20 Å². The third kappa shape index (κ3) is 3.20. The number of amides is 1. The zero-order chi connectivity index (χ0) is 21.7. The molecule has 1 amide bonds. The minimum absolute atomic E-state index is 0.0458. The highest BCUT2D eigenvalue weighted by molar-refractivity contribution is 5.93. The lowest BCUT2D eigenvalue weighted by Crippen LogP contribution is -2.46. The molecule has 0 bridgehead atoms. The highest BCUT2D eigenvalue weighted by Gasteiger charge is 2.28. The average molecular weight is 431 g/mol. The highest BCUT2D eigenvalue weighted by Crippen LogP contribution is 2.27. The first-order chi connectivity index (χ1) is 15.7. The van der Waals surface area contributed by atoms with Crippen LogP contribution in [0.1, 0.15) is 36.2 Å². The molecule has 1 saturated carbocycles. The smallest absolute Gasteiger partial charge is 0.272 e. The molecule has 4 aromatic heterocycles. The lowest BCUT2D eigenvalue weighted by atomic mass is 9.87. The SMILES string of the molecule is CNC1CC(Nc2ncc3c(-c4ccc5ncc(C(=O)N6CCCC6)n5c4)ccn3n2)C1. The Morgan fingerprint density at radius 1 is 1.06 bits per heavy atom. The third-order valence-electron chi connectivity index (χ3n) is 6.73. The Kier molecular flexibility index (Phi) is 4.57. The first-order valence-corrected chi connectivity index (χ1v) is 11.2. The second-order valence-corrected chi connectivity index (χ2v) is 8.73. The van der Waals surface area contributed by atoms with E-state index in [1.54, 1.807) is 6.20 Å². The standard InChI is InChI=1S/C23H26N8O/c1-24-16-10-17(11-16)27-23-26-12-19-18(6-9-31(19)28-23)15-4-5-21-25-13-20(30(21)14-15)22(32)29-7-2-3-8-29/h4-6,9,12-14,16-17,24H,2-3,7-8,10-11H2,1H3,(H,27,28). The van der Waals surface area contributed by atoms with Gasteiger partial charge in [-0.05, 0) is 50.9 Å². The summed E-state index contributed by atoms with van der Waals surface area (Å²) in [6, 6.07) is 7.00. The fraction of sp³-hybridized carbons (Fsp3) is 0.391. The Hall–Kier alpha value is -3.46. The van der Waals surface area contributed by atoms with E-state index in [-0.39, 0.29) is 5.91 Å². The second-order valence-electron chi connectivity index (χ2n) is 8.73. The summed E-state index contributed by atoms with van der Waals surface area (Å²) < 4.78 is 3.75. The molecule has 5 heterocycles. The topological polar surface area (TPSA) is 91.9 Å². The van der Waals surface area contributed by atoms with E-state index in [1.807, 2.05) is 57.7 Å². The van der Waals surface area contributed by atoms with Crippen molar-refractivity contribution < 1.29 is 4.79 Å². The van der Waals surface area contributed by atoms with Gasteiger partial charge in [0.25, 0.3) is 5.91 Å². The Morgan fingerprint density at radius 3 is 2.72 bits per heavy atom. The van der Waals surface area contributed by atoms with Crippen LogP contribution < -0.4 is 10.6 Å². The van der Waals surface area contributed by atoms with Crippen molar-refractivity contribution in [2.24, 2.45) is 0 Å². The number of likely N-dealkylation sites (tertiary alicyclic amines) is 1. The maximum absolute atomic E-state index is 13.0. The van der Waals surface area contributed by atoms with Gasteiger partial charge in [0, 0.05) is 48.7 Å². The number of hydrogen-bond donors (Lipinski definition) is 2. The third-order valence-corrected chi connectivity index (χ3v) is 6.73. The van der Waals surface area contributed by atoms with Crippen molar-refractivity contribution in [2.45, 2.75) is 37.8 Å². The van der Waals surface area contributed by atoms with Gasteiger partial charge in [0.2, 0.25) is 5.95 Å². The summed E-state index contributed by atoms with van der Waals surface area (Å²) in [5, 5.41) is 11.3. The summed E-state index contributed by atoms with van der Waals surface area (Å²) in [7, 11) is 2.00. The van der Waals surface area contributed by atoms with Gasteiger partial charge >= 0.3 is 0 Å². The van der Waals surface area contributed by atoms with Crippen LogP contribution in [0.5, 0.6) is 0 Å². The van der Waals surface area contributed by atoms with Crippen LogP contribution in [0, 0.1) is 0 Å². The van der Waals surface area contributed by atoms with Crippen molar-refractivity contribution in [3.8, 4) is 11.1 Å². The Labute approximate surface area is 185 Å². The summed E-state index contributed by atoms with van der Waals surface area (Å²) in [4.78, 5) is 23.8. The number of anilines is 1. The number of rotatable bonds is 5. The molecule has 6 rings (SSSR count). The van der Waals surface area contributed by atoms with E-state index in [9.17, 15) is 4.79 Å². The monoisotopic (exact) mass is 430 g/mol. The van der Waals surface area contributed by atoms with E-state index in [1.165, 1.54) is 0 Å². The minimum Gasteiger partial charge on any atom is -0.350 e. The molecule has 32 heavy (non-hydrogen) atoms. The quantitative estimate of drug-likeness (QED) is 0.505. The molecule has 1 saturated heterocycles. The number of fused-ring (bicyclic) bond motifs is 2. The lowest BCUT2D eigenvalue weighted by Gasteiger charge is -2.35. The van der Waals surface area contributed by atoms with Crippen molar-refractivity contribution in [3.05, 3.63) is 48.7 Å². The first-order valence-electron chi connectivity index (χ1n) is 11.2. The molecular weight excluding hydrogens is 404 g/mol. The summed E-state index contributed by atoms with van der Waals surface area (Å²) in [5.41, 5.74) is 4.31. The highest BCUT2D eigenvalue weighted by atomic mass is 16.2. The average Bonchev–Trinajstić information content (AvgIpc) is 3.54. The molecule has 4 aromatic rings. The van der Waals surface area contributed by atoms with Crippen LogP contribution >= 0.6 is 0 Å². The van der Waals surface area contributed by atoms with Crippen LogP contribution in [0.15, 0.2) is 43.0 Å². The molecule has 1 aliphatic heterocycles. The van der Waals surface area contributed by atoms with Crippen LogP contribution in [0.2, 0.25) is 0 Å². The fourth-order valence-electron chi connectivity index (χ4n) is 4.74. The molecule has 0 aromatic carbocycles. The molecule has 0 atom stereocenters. The van der Waals surface area contributed by atoms with Crippen molar-refractivity contribution in [1.29, 1.82) is 0 Å². The van der Waals surface area contributed by atoms with E-state index in [0.717, 1.165) is 61.1 Å². The van der Waals surface area contributed by atoms with Gasteiger partial charge in [-0.2, -0.15) is 0 Å². The van der Waals surface area contributed by atoms with Crippen LogP contribution in [-0.4, -0.2) is 67.0 Å². The van der Waals surface area contributed by atoms with Crippen molar-refractivity contribution in [2.75, 3.05) is 25.5 Å². The van der Waals surface area contributed by atoms with Crippen LogP contribution in [0.4, 0.5) is 5.95 Å². The van der Waals surface area contributed by atoms with Gasteiger partial charge in [0.05, 0.1) is 17.9 Å². The second kappa shape index (κ2) is 7.59. The fourth-order valence-corrected chi connectivity index (χ4v) is 4.74. The van der Waals surface area contributed by atoms with Gasteiger partial charge in [-0.15, -0.1) is 5.10 Å². The predicted octanol–water partition coefficient (Wildman–Crippen LogP) is 2.44. The van der Waals surface area contributed by atoms with Gasteiger partial charge in [-0.1, -0.05) is 0 Å². The number of hydrogen-bond acceptors (Lipinski definition) is 6. The number of nitrogens with zero attached hydrogens (tertiary/aromatic N) is 6. The molecule has 9 heteroatoms. The lowest BCUT2D eigenvalue weighted by molar-refractivity contribution is 0.0786. The zero-order valence-corrected chi connectivity index (χ0v) is 18.0. The van der Waals surface area contributed by atoms with Crippen molar-refractivity contribution in [3.63, 3.8) is 0 Å². The number of imidazole rings is 1. The molecule has 0 spiro atoms. The van der Waals surface area contributed by atoms with E-state index in [4.69, 9.17) is 0 Å². The van der Waals surface area contributed by atoms with E-state index >= 15 is 0 Å². The van der Waals surface area contributed by atoms with Gasteiger partial charge in [-0.25, -0.2) is 14.5 Å². The molecule has 164 valence electrons. The Morgan fingerprint density at radius 2 is 1.91 bits per heavy atom. The first kappa shape index (κ1) is 19.2. The van der Waals surface area contributed by atoms with E-state index in [0.29, 0.717) is 23.7 Å². The maximum atomic E-state index is 13.0. The summed E-state index contributed by atoms with van der Waals surface area (Å²) in [6.45, 7) is 1.64. The van der Waals surface area contributed by atoms with Crippen molar-refractivity contribution in [1.82, 2.24) is 34.2 Å². The minimum atomic E-state index is 0.0458. The summed E-state index contributed by atoms with van der Waals surface area (Å²) in [5.74, 6) is 0.687. The Bertz CT molecular complexity index is 1300. The molecule has 0 unspecified atom stereocenters. The van der Waals surface area contributed by atoms with Gasteiger partial charge < -0.3 is 15.5 Å². The number of carbonyl (C=O) groups excluding carboxylic acids is 1. The number of pyridine rings is 1. The molecule has 9 nitrogen and oxygen atoms in total. The molecule has 0 radical (unpaired) electrons. The molecule has 2 fully saturated rings. The summed E-state index contributed by atoms with van der Waals surface area (Å²) in [6.07, 6.45) is 11.8. The number of carbonyl (C=O) groups is 1. The molecule has 2 N–H and O–H groups in total. The van der Waals surface area contributed by atoms with Crippen LogP contribution in [0.3, 0.4) is 0 Å². The molecule has 1 aliphatic carbocycles. The van der Waals surface area contributed by atoms with Crippen molar-refractivity contribution >= 4 is 23.0 Å². The predicted molar refractivity (Wildman–Crippen MR) is 122 cm³/mol. The largest absolute Gasteiger partial charge is 0.350 e. The van der Waals surface area contributed by atoms with Gasteiger partial charge in [0.1, 0.15) is 11.3 Å².